The maximum atomic E-state index is 3.37. The highest BCUT2D eigenvalue weighted by Gasteiger charge is 1.97. The zero-order valence-electron chi connectivity index (χ0n) is 34.2. The molecule has 0 aromatic heterocycles. The topological polar surface area (TPSA) is 0 Å². The van der Waals surface area contributed by atoms with Crippen molar-refractivity contribution in [1.29, 1.82) is 0 Å². The molecule has 0 fully saturated rings. The molecule has 0 N–H and O–H groups in total. The third kappa shape index (κ3) is 47.5. The highest BCUT2D eigenvalue weighted by molar-refractivity contribution is 7.49. The smallest absolute Gasteiger partial charge is 0.0358 e. The molecule has 0 radical (unpaired) electrons. The SMILES string of the molecule is CCCCCCCCCCCCCCCCCCCCCCC#CPC#CCCCCCCCCCCCCCCCCCCCCCC. The van der Waals surface area contributed by atoms with Gasteiger partial charge in [0.2, 0.25) is 0 Å². The van der Waals surface area contributed by atoms with Crippen LogP contribution in [0.4, 0.5) is 0 Å². The summed E-state index contributed by atoms with van der Waals surface area (Å²) < 4.78 is 0. The zero-order chi connectivity index (χ0) is 35.2. The third-order valence-corrected chi connectivity index (χ3v) is 11.2. The molecule has 0 aromatic carbocycles. The second kappa shape index (κ2) is 47.5. The average Bonchev–Trinajstić information content (AvgIpc) is 3.11. The van der Waals surface area contributed by atoms with E-state index >= 15 is 0 Å². The van der Waals surface area contributed by atoms with Crippen molar-refractivity contribution in [2.45, 2.75) is 284 Å². The molecule has 0 atom stereocenters. The first-order chi connectivity index (χ1) is 24.4. The van der Waals surface area contributed by atoms with Crippen molar-refractivity contribution in [3.05, 3.63) is 0 Å². The van der Waals surface area contributed by atoms with Crippen LogP contribution in [-0.2, 0) is 0 Å². The van der Waals surface area contributed by atoms with E-state index in [1.807, 2.05) is 0 Å². The van der Waals surface area contributed by atoms with Gasteiger partial charge in [-0.25, -0.2) is 0 Å². The minimum atomic E-state index is 0.530. The van der Waals surface area contributed by atoms with Crippen LogP contribution in [0.2, 0.25) is 0 Å². The molecule has 0 unspecified atom stereocenters. The van der Waals surface area contributed by atoms with Gasteiger partial charge in [-0.15, -0.1) is 0 Å². The average molecular weight is 699 g/mol. The van der Waals surface area contributed by atoms with Gasteiger partial charge in [-0.3, -0.25) is 0 Å². The van der Waals surface area contributed by atoms with E-state index in [2.05, 4.69) is 37.0 Å². The van der Waals surface area contributed by atoms with Crippen molar-refractivity contribution >= 4 is 8.58 Å². The maximum absolute atomic E-state index is 3.37. The Morgan fingerprint density at radius 1 is 0.224 bits per heavy atom. The Bertz CT molecular complexity index is 642. The van der Waals surface area contributed by atoms with Crippen LogP contribution in [0.25, 0.3) is 0 Å². The van der Waals surface area contributed by atoms with E-state index in [-0.39, 0.29) is 0 Å². The lowest BCUT2D eigenvalue weighted by Gasteiger charge is -2.04. The van der Waals surface area contributed by atoms with Crippen LogP contribution in [0.15, 0.2) is 0 Å². The molecule has 0 aliphatic heterocycles. The van der Waals surface area contributed by atoms with E-state index in [0.29, 0.717) is 8.58 Å². The van der Waals surface area contributed by atoms with Gasteiger partial charge >= 0.3 is 0 Å². The van der Waals surface area contributed by atoms with Crippen LogP contribution in [0.3, 0.4) is 0 Å². The standard InChI is InChI=1S/C48H91P/c1-3-5-7-9-11-13-15-17-19-21-23-25-27-29-31-33-35-37-39-41-43-45-47-49-48-46-44-42-40-38-36-34-32-30-28-26-24-22-20-18-16-14-12-10-8-6-4-2/h49H,3-44H2,1-2H3. The molecule has 0 saturated carbocycles. The Morgan fingerprint density at radius 3 is 0.571 bits per heavy atom. The van der Waals surface area contributed by atoms with E-state index in [1.165, 1.54) is 257 Å². The van der Waals surface area contributed by atoms with Gasteiger partial charge in [0.1, 0.15) is 0 Å². The maximum Gasteiger partial charge on any atom is 0.0358 e. The minimum Gasteiger partial charge on any atom is -0.0979 e. The predicted octanol–water partition coefficient (Wildman–Crippen LogP) is 18.0. The van der Waals surface area contributed by atoms with E-state index in [9.17, 15) is 0 Å². The molecule has 0 aliphatic carbocycles. The fourth-order valence-electron chi connectivity index (χ4n) is 7.18. The number of hydrogen-bond donors (Lipinski definition) is 0. The van der Waals surface area contributed by atoms with Gasteiger partial charge in [-0.2, -0.15) is 0 Å². The van der Waals surface area contributed by atoms with Gasteiger partial charge in [0, 0.05) is 21.4 Å². The highest BCUT2D eigenvalue weighted by Crippen LogP contribution is 2.17. The first kappa shape index (κ1) is 48.5. The van der Waals surface area contributed by atoms with Gasteiger partial charge in [0.05, 0.1) is 0 Å². The molecule has 0 rings (SSSR count). The van der Waals surface area contributed by atoms with Crippen LogP contribution in [0.1, 0.15) is 284 Å². The number of rotatable bonds is 40. The molecular formula is C48H91P. The van der Waals surface area contributed by atoms with E-state index in [0.717, 1.165) is 12.8 Å². The Kier molecular flexibility index (Phi) is 47.1. The summed E-state index contributed by atoms with van der Waals surface area (Å²) in [5.41, 5.74) is 6.63. The zero-order valence-corrected chi connectivity index (χ0v) is 35.2. The number of hydrogen-bond acceptors (Lipinski definition) is 0. The first-order valence-corrected chi connectivity index (χ1v) is 24.1. The van der Waals surface area contributed by atoms with Gasteiger partial charge in [-0.1, -0.05) is 281 Å². The van der Waals surface area contributed by atoms with Crippen molar-refractivity contribution in [3.8, 4) is 23.2 Å². The molecule has 0 amide bonds. The minimum absolute atomic E-state index is 0.530. The lowest BCUT2D eigenvalue weighted by atomic mass is 10.0. The Hall–Kier alpha value is -0.450. The molecule has 0 aliphatic rings. The molecule has 0 heterocycles. The molecule has 0 aromatic rings. The quantitative estimate of drug-likeness (QED) is 0.0339. The first-order valence-electron chi connectivity index (χ1n) is 23.1. The van der Waals surface area contributed by atoms with Crippen LogP contribution in [0, 0.1) is 23.2 Å². The van der Waals surface area contributed by atoms with Crippen LogP contribution >= 0.6 is 8.58 Å². The van der Waals surface area contributed by atoms with Gasteiger partial charge < -0.3 is 0 Å². The highest BCUT2D eigenvalue weighted by atomic mass is 31.1. The van der Waals surface area contributed by atoms with E-state index in [4.69, 9.17) is 0 Å². The summed E-state index contributed by atoms with van der Waals surface area (Å²) in [7, 11) is 0.530. The Labute approximate surface area is 314 Å². The van der Waals surface area contributed by atoms with Crippen molar-refractivity contribution in [2.24, 2.45) is 0 Å². The summed E-state index contributed by atoms with van der Waals surface area (Å²) in [6.45, 7) is 4.61. The lowest BCUT2D eigenvalue weighted by molar-refractivity contribution is 0.522. The van der Waals surface area contributed by atoms with Crippen molar-refractivity contribution in [1.82, 2.24) is 0 Å². The molecule has 0 saturated heterocycles. The molecule has 49 heavy (non-hydrogen) atoms. The molecule has 0 nitrogen and oxygen atoms in total. The monoisotopic (exact) mass is 699 g/mol. The summed E-state index contributed by atoms with van der Waals surface area (Å²) in [5, 5.41) is 0. The predicted molar refractivity (Wildman–Crippen MR) is 229 cm³/mol. The second-order valence-electron chi connectivity index (χ2n) is 15.7. The summed E-state index contributed by atoms with van der Waals surface area (Å²) in [4.78, 5) is 0. The van der Waals surface area contributed by atoms with Gasteiger partial charge in [0.15, 0.2) is 0 Å². The molecule has 0 bridgehead atoms. The third-order valence-electron chi connectivity index (χ3n) is 10.6. The number of unbranched alkanes of at least 4 members (excludes halogenated alkanes) is 40. The Balaban J connectivity index is 3.18. The summed E-state index contributed by atoms with van der Waals surface area (Å²) in [6.07, 6.45) is 59.9. The summed E-state index contributed by atoms with van der Waals surface area (Å²) in [5.74, 6) is 6.74. The van der Waals surface area contributed by atoms with Crippen molar-refractivity contribution in [2.75, 3.05) is 0 Å². The van der Waals surface area contributed by atoms with Gasteiger partial charge in [0.25, 0.3) is 0 Å². The van der Waals surface area contributed by atoms with Crippen LogP contribution < -0.4 is 0 Å². The van der Waals surface area contributed by atoms with E-state index < -0.39 is 0 Å². The lowest BCUT2D eigenvalue weighted by Crippen LogP contribution is -1.84. The van der Waals surface area contributed by atoms with E-state index in [1.54, 1.807) is 0 Å². The van der Waals surface area contributed by atoms with Crippen molar-refractivity contribution < 1.29 is 0 Å². The molecule has 288 valence electrons. The van der Waals surface area contributed by atoms with Gasteiger partial charge in [-0.05, 0) is 12.8 Å². The Morgan fingerprint density at radius 2 is 0.388 bits per heavy atom. The fraction of sp³-hybridized carbons (Fsp3) is 0.917. The van der Waals surface area contributed by atoms with Crippen LogP contribution in [-0.4, -0.2) is 0 Å². The summed E-state index contributed by atoms with van der Waals surface area (Å²) in [6, 6.07) is 0. The normalized spacial score (nSPS) is 11.0. The largest absolute Gasteiger partial charge is 0.0979 e. The second-order valence-corrected chi connectivity index (χ2v) is 16.4. The molecule has 1 heteroatoms. The molecule has 0 spiro atoms. The van der Waals surface area contributed by atoms with Crippen molar-refractivity contribution in [3.63, 3.8) is 0 Å². The summed E-state index contributed by atoms with van der Waals surface area (Å²) >= 11 is 0. The fourth-order valence-corrected chi connectivity index (χ4v) is 7.67. The molecular weight excluding hydrogens is 608 g/mol. The van der Waals surface area contributed by atoms with Crippen LogP contribution in [0.5, 0.6) is 0 Å².